The molecule has 1 aromatic carbocycles. The highest BCUT2D eigenvalue weighted by Crippen LogP contribution is 2.18. The van der Waals surface area contributed by atoms with Crippen LogP contribution >= 0.6 is 12.4 Å². The van der Waals surface area contributed by atoms with Crippen LogP contribution in [-0.4, -0.2) is 25.5 Å². The number of nitrogens with one attached hydrogen (secondary N) is 1. The SMILES string of the molecule is COC(=O)CCC(NC(=O)CN)c1ccccc1.Cl. The lowest BCUT2D eigenvalue weighted by Crippen LogP contribution is -2.34. The van der Waals surface area contributed by atoms with E-state index >= 15 is 0 Å². The van der Waals surface area contributed by atoms with Gasteiger partial charge in [-0.3, -0.25) is 9.59 Å². The summed E-state index contributed by atoms with van der Waals surface area (Å²) in [6.07, 6.45) is 0.739. The minimum atomic E-state index is -0.294. The molecule has 1 unspecified atom stereocenters. The highest BCUT2D eigenvalue weighted by atomic mass is 35.5. The van der Waals surface area contributed by atoms with Crippen molar-refractivity contribution < 1.29 is 14.3 Å². The monoisotopic (exact) mass is 286 g/mol. The first kappa shape index (κ1) is 17.4. The molecule has 1 rings (SSSR count). The molecule has 3 N–H and O–H groups in total. The fourth-order valence-electron chi connectivity index (χ4n) is 1.63. The molecule has 0 heterocycles. The summed E-state index contributed by atoms with van der Waals surface area (Å²) in [4.78, 5) is 22.5. The normalized spacial score (nSPS) is 11.1. The maximum absolute atomic E-state index is 11.4. The molecule has 1 aromatic rings. The standard InChI is InChI=1S/C13H18N2O3.ClH/c1-18-13(17)8-7-11(15-12(16)9-14)10-5-3-2-4-6-10;/h2-6,11H,7-9,14H2,1H3,(H,15,16);1H. The summed E-state index contributed by atoms with van der Waals surface area (Å²) >= 11 is 0. The van der Waals surface area contributed by atoms with Crippen molar-refractivity contribution in [3.63, 3.8) is 0 Å². The summed E-state index contributed by atoms with van der Waals surface area (Å²) in [6, 6.07) is 9.24. The first-order valence-electron chi connectivity index (χ1n) is 5.78. The number of carbonyl (C=O) groups excluding carboxylic acids is 2. The Morgan fingerprint density at radius 2 is 1.95 bits per heavy atom. The van der Waals surface area contributed by atoms with E-state index in [1.807, 2.05) is 30.3 Å². The van der Waals surface area contributed by atoms with Crippen molar-refractivity contribution >= 4 is 24.3 Å². The third-order valence-electron chi connectivity index (χ3n) is 2.59. The number of methoxy groups -OCH3 is 1. The molecule has 0 aliphatic heterocycles. The smallest absolute Gasteiger partial charge is 0.305 e. The van der Waals surface area contributed by atoms with E-state index in [0.717, 1.165) is 5.56 Å². The number of hydrogen-bond acceptors (Lipinski definition) is 4. The van der Waals surface area contributed by atoms with E-state index in [9.17, 15) is 9.59 Å². The summed E-state index contributed by atoms with van der Waals surface area (Å²) in [5, 5.41) is 2.79. The lowest BCUT2D eigenvalue weighted by Gasteiger charge is -2.18. The molecule has 0 aliphatic rings. The van der Waals surface area contributed by atoms with E-state index in [1.165, 1.54) is 7.11 Å². The summed E-state index contributed by atoms with van der Waals surface area (Å²) in [6.45, 7) is -0.0679. The molecule has 6 heteroatoms. The van der Waals surface area contributed by atoms with Crippen LogP contribution in [-0.2, 0) is 14.3 Å². The van der Waals surface area contributed by atoms with E-state index in [0.29, 0.717) is 6.42 Å². The van der Waals surface area contributed by atoms with Gasteiger partial charge >= 0.3 is 5.97 Å². The zero-order chi connectivity index (χ0) is 13.4. The Morgan fingerprint density at radius 1 is 1.32 bits per heavy atom. The van der Waals surface area contributed by atoms with Gasteiger partial charge in [0.05, 0.1) is 19.7 Å². The van der Waals surface area contributed by atoms with E-state index in [-0.39, 0.29) is 43.3 Å². The second-order valence-electron chi connectivity index (χ2n) is 3.85. The molecule has 0 saturated carbocycles. The van der Waals surface area contributed by atoms with Crippen molar-refractivity contribution in [1.29, 1.82) is 0 Å². The van der Waals surface area contributed by atoms with Gasteiger partial charge in [-0.25, -0.2) is 0 Å². The molecule has 0 aliphatic carbocycles. The molecule has 0 spiro atoms. The maximum atomic E-state index is 11.4. The molecular weight excluding hydrogens is 268 g/mol. The van der Waals surface area contributed by atoms with Crippen LogP contribution in [0.1, 0.15) is 24.4 Å². The molecule has 106 valence electrons. The van der Waals surface area contributed by atoms with Crippen LogP contribution in [0.2, 0.25) is 0 Å². The minimum absolute atomic E-state index is 0. The van der Waals surface area contributed by atoms with Gasteiger partial charge in [-0.1, -0.05) is 30.3 Å². The quantitative estimate of drug-likeness (QED) is 0.770. The van der Waals surface area contributed by atoms with Crippen LogP contribution < -0.4 is 11.1 Å². The summed E-state index contributed by atoms with van der Waals surface area (Å²) in [7, 11) is 1.35. The molecule has 0 aromatic heterocycles. The Kier molecular flexibility index (Phi) is 8.57. The number of nitrogens with two attached hydrogens (primary N) is 1. The van der Waals surface area contributed by atoms with E-state index in [4.69, 9.17) is 5.73 Å². The van der Waals surface area contributed by atoms with E-state index < -0.39 is 0 Å². The van der Waals surface area contributed by atoms with Crippen LogP contribution in [0.4, 0.5) is 0 Å². The first-order chi connectivity index (χ1) is 8.67. The minimum Gasteiger partial charge on any atom is -0.469 e. The van der Waals surface area contributed by atoms with Gasteiger partial charge < -0.3 is 15.8 Å². The van der Waals surface area contributed by atoms with Crippen molar-refractivity contribution in [2.45, 2.75) is 18.9 Å². The summed E-state index contributed by atoms with van der Waals surface area (Å²) in [5.74, 6) is -0.536. The van der Waals surface area contributed by atoms with Crippen molar-refractivity contribution in [3.8, 4) is 0 Å². The van der Waals surface area contributed by atoms with Gasteiger partial charge in [-0.05, 0) is 12.0 Å². The average Bonchev–Trinajstić information content (AvgIpc) is 2.43. The average molecular weight is 287 g/mol. The van der Waals surface area contributed by atoms with Crippen molar-refractivity contribution in [2.75, 3.05) is 13.7 Å². The van der Waals surface area contributed by atoms with Crippen LogP contribution in [0.15, 0.2) is 30.3 Å². The number of benzene rings is 1. The topological polar surface area (TPSA) is 81.4 Å². The molecule has 1 amide bonds. The number of ether oxygens (including phenoxy) is 1. The fraction of sp³-hybridized carbons (Fsp3) is 0.385. The van der Waals surface area contributed by atoms with Gasteiger partial charge in [-0.2, -0.15) is 0 Å². The van der Waals surface area contributed by atoms with Crippen LogP contribution in [0.3, 0.4) is 0 Å². The molecule has 19 heavy (non-hydrogen) atoms. The third-order valence-corrected chi connectivity index (χ3v) is 2.59. The van der Waals surface area contributed by atoms with Crippen molar-refractivity contribution in [2.24, 2.45) is 5.73 Å². The van der Waals surface area contributed by atoms with E-state index in [2.05, 4.69) is 10.1 Å². The van der Waals surface area contributed by atoms with Gasteiger partial charge in [0.25, 0.3) is 0 Å². The Labute approximate surface area is 118 Å². The molecule has 5 nitrogen and oxygen atoms in total. The predicted octanol–water partition coefficient (Wildman–Crippen LogP) is 1.18. The maximum Gasteiger partial charge on any atom is 0.305 e. The lowest BCUT2D eigenvalue weighted by atomic mass is 10.0. The first-order valence-corrected chi connectivity index (χ1v) is 5.78. The molecule has 0 radical (unpaired) electrons. The molecule has 0 saturated heterocycles. The van der Waals surface area contributed by atoms with Crippen molar-refractivity contribution in [1.82, 2.24) is 5.32 Å². The second kappa shape index (κ2) is 9.35. The largest absolute Gasteiger partial charge is 0.469 e. The van der Waals surface area contributed by atoms with Gasteiger partial charge in [0.15, 0.2) is 0 Å². The Balaban J connectivity index is 0.00000324. The van der Waals surface area contributed by atoms with Crippen LogP contribution in [0, 0.1) is 0 Å². The molecule has 1 atom stereocenters. The summed E-state index contributed by atoms with van der Waals surface area (Å²) < 4.78 is 4.59. The number of halogens is 1. The number of amides is 1. The second-order valence-corrected chi connectivity index (χ2v) is 3.85. The predicted molar refractivity (Wildman–Crippen MR) is 74.9 cm³/mol. The zero-order valence-electron chi connectivity index (χ0n) is 10.8. The van der Waals surface area contributed by atoms with Gasteiger partial charge in [-0.15, -0.1) is 12.4 Å². The Hall–Kier alpha value is -1.59. The highest BCUT2D eigenvalue weighted by Gasteiger charge is 2.15. The molecule has 0 fully saturated rings. The zero-order valence-corrected chi connectivity index (χ0v) is 11.6. The third kappa shape index (κ3) is 6.22. The van der Waals surface area contributed by atoms with Crippen LogP contribution in [0.5, 0.6) is 0 Å². The summed E-state index contributed by atoms with van der Waals surface area (Å²) in [5.41, 5.74) is 6.22. The number of carbonyl (C=O) groups is 2. The van der Waals surface area contributed by atoms with Crippen molar-refractivity contribution in [3.05, 3.63) is 35.9 Å². The Bertz CT molecular complexity index is 398. The van der Waals surface area contributed by atoms with Gasteiger partial charge in [0, 0.05) is 6.42 Å². The number of rotatable bonds is 6. The highest BCUT2D eigenvalue weighted by molar-refractivity contribution is 5.85. The number of esters is 1. The molecular formula is C13H19ClN2O3. The fourth-order valence-corrected chi connectivity index (χ4v) is 1.63. The number of hydrogen-bond donors (Lipinski definition) is 2. The lowest BCUT2D eigenvalue weighted by molar-refractivity contribution is -0.141. The van der Waals surface area contributed by atoms with E-state index in [1.54, 1.807) is 0 Å². The van der Waals surface area contributed by atoms with Gasteiger partial charge in [0.2, 0.25) is 5.91 Å². The Morgan fingerprint density at radius 3 is 2.47 bits per heavy atom. The molecule has 0 bridgehead atoms. The van der Waals surface area contributed by atoms with Gasteiger partial charge in [0.1, 0.15) is 0 Å². The van der Waals surface area contributed by atoms with Crippen LogP contribution in [0.25, 0.3) is 0 Å².